The molecule has 0 aliphatic carbocycles. The summed E-state index contributed by atoms with van der Waals surface area (Å²) in [4.78, 5) is 19.0. The molecule has 1 aliphatic rings. The maximum Gasteiger partial charge on any atom is 0.242 e. The van der Waals surface area contributed by atoms with Gasteiger partial charge >= 0.3 is 0 Å². The van der Waals surface area contributed by atoms with Crippen molar-refractivity contribution in [2.24, 2.45) is 0 Å². The molecular weight excluding hydrogens is 326 g/mol. The molecule has 2 aromatic rings. The van der Waals surface area contributed by atoms with Crippen molar-refractivity contribution < 1.29 is 13.2 Å². The van der Waals surface area contributed by atoms with Crippen molar-refractivity contribution in [1.29, 1.82) is 0 Å². The van der Waals surface area contributed by atoms with Crippen LogP contribution in [-0.2, 0) is 21.2 Å². The smallest absolute Gasteiger partial charge is 0.242 e. The van der Waals surface area contributed by atoms with Crippen LogP contribution in [0, 0.1) is 0 Å². The van der Waals surface area contributed by atoms with Crippen LogP contribution in [0.25, 0.3) is 11.0 Å². The van der Waals surface area contributed by atoms with Gasteiger partial charge in [0.1, 0.15) is 6.54 Å². The van der Waals surface area contributed by atoms with E-state index in [4.69, 9.17) is 0 Å². The lowest BCUT2D eigenvalue weighted by Crippen LogP contribution is -2.45. The number of sulfone groups is 1. The van der Waals surface area contributed by atoms with Crippen molar-refractivity contribution in [3.8, 4) is 0 Å². The summed E-state index contributed by atoms with van der Waals surface area (Å²) >= 11 is 0. The quantitative estimate of drug-likeness (QED) is 0.848. The van der Waals surface area contributed by atoms with Crippen molar-refractivity contribution in [1.82, 2.24) is 14.5 Å². The van der Waals surface area contributed by atoms with Crippen LogP contribution in [0.2, 0.25) is 0 Å². The fourth-order valence-electron chi connectivity index (χ4n) is 3.47. The first-order valence-corrected chi connectivity index (χ1v) is 10.3. The molecule has 1 saturated heterocycles. The van der Waals surface area contributed by atoms with E-state index in [1.54, 1.807) is 12.1 Å². The van der Waals surface area contributed by atoms with Gasteiger partial charge in [-0.25, -0.2) is 13.4 Å². The minimum atomic E-state index is -3.51. The molecule has 3 rings (SSSR count). The zero-order valence-corrected chi connectivity index (χ0v) is 14.9. The second-order valence-electron chi connectivity index (χ2n) is 6.39. The molecule has 6 nitrogen and oxygen atoms in total. The van der Waals surface area contributed by atoms with Gasteiger partial charge in [-0.3, -0.25) is 4.79 Å². The number of imidazole rings is 1. The largest absolute Gasteiger partial charge is 0.338 e. The minimum absolute atomic E-state index is 0.0133. The standard InChI is InChI=1S/C17H23N3O3S/c1-3-13-8-6-7-11-19(13)16(21)12-20-15-10-5-4-9-14(15)18-17(20)24(2,22)23/h4-5,9-10,13H,3,6-8,11-12H2,1-2H3/t13-/m1/s1. The number of para-hydroxylation sites is 2. The first kappa shape index (κ1) is 17.0. The van der Waals surface area contributed by atoms with Gasteiger partial charge in [-0.05, 0) is 37.8 Å². The molecular formula is C17H23N3O3S. The minimum Gasteiger partial charge on any atom is -0.338 e. The predicted molar refractivity (Wildman–Crippen MR) is 92.5 cm³/mol. The summed E-state index contributed by atoms with van der Waals surface area (Å²) in [5.74, 6) is -0.0328. The van der Waals surface area contributed by atoms with Gasteiger partial charge in [-0.2, -0.15) is 0 Å². The average Bonchev–Trinajstić information content (AvgIpc) is 2.94. The van der Waals surface area contributed by atoms with Crippen LogP contribution >= 0.6 is 0 Å². The van der Waals surface area contributed by atoms with Crippen molar-refractivity contribution in [3.05, 3.63) is 24.3 Å². The number of piperidine rings is 1. The molecule has 0 radical (unpaired) electrons. The van der Waals surface area contributed by atoms with E-state index in [1.165, 1.54) is 4.57 Å². The maximum absolute atomic E-state index is 12.8. The lowest BCUT2D eigenvalue weighted by Gasteiger charge is -2.35. The topological polar surface area (TPSA) is 72.3 Å². The Morgan fingerprint density at radius 2 is 2.04 bits per heavy atom. The van der Waals surface area contributed by atoms with Crippen LogP contribution < -0.4 is 0 Å². The second kappa shape index (κ2) is 6.55. The van der Waals surface area contributed by atoms with Gasteiger partial charge in [-0.15, -0.1) is 0 Å². The Hall–Kier alpha value is -1.89. The molecule has 1 aromatic carbocycles. The van der Waals surface area contributed by atoms with E-state index >= 15 is 0 Å². The Bertz CT molecular complexity index is 857. The number of aromatic nitrogens is 2. The van der Waals surface area contributed by atoms with E-state index in [0.29, 0.717) is 11.0 Å². The van der Waals surface area contributed by atoms with Gasteiger partial charge in [0.25, 0.3) is 0 Å². The van der Waals surface area contributed by atoms with Gasteiger partial charge in [-0.1, -0.05) is 19.1 Å². The van der Waals surface area contributed by atoms with Gasteiger partial charge in [0, 0.05) is 18.8 Å². The van der Waals surface area contributed by atoms with Crippen molar-refractivity contribution in [3.63, 3.8) is 0 Å². The highest BCUT2D eigenvalue weighted by atomic mass is 32.2. The molecule has 0 unspecified atom stereocenters. The Balaban J connectivity index is 1.98. The molecule has 2 heterocycles. The third kappa shape index (κ3) is 3.17. The summed E-state index contributed by atoms with van der Waals surface area (Å²) in [7, 11) is -3.51. The number of hydrogen-bond acceptors (Lipinski definition) is 4. The summed E-state index contributed by atoms with van der Waals surface area (Å²) in [6, 6.07) is 7.46. The number of rotatable bonds is 4. The Morgan fingerprint density at radius 3 is 2.75 bits per heavy atom. The third-order valence-electron chi connectivity index (χ3n) is 4.66. The third-order valence-corrected chi connectivity index (χ3v) is 5.64. The average molecular weight is 349 g/mol. The molecule has 1 fully saturated rings. The predicted octanol–water partition coefficient (Wildman–Crippen LogP) is 2.23. The molecule has 0 spiro atoms. The Labute approximate surface area is 142 Å². The maximum atomic E-state index is 12.8. The summed E-state index contributed by atoms with van der Waals surface area (Å²) in [5.41, 5.74) is 1.27. The number of hydrogen-bond donors (Lipinski definition) is 0. The summed E-state index contributed by atoms with van der Waals surface area (Å²) < 4.78 is 25.7. The molecule has 1 aromatic heterocycles. The van der Waals surface area contributed by atoms with Gasteiger partial charge in [0.15, 0.2) is 0 Å². The van der Waals surface area contributed by atoms with E-state index < -0.39 is 9.84 Å². The van der Waals surface area contributed by atoms with Gasteiger partial charge in [0.05, 0.1) is 11.0 Å². The van der Waals surface area contributed by atoms with Crippen molar-refractivity contribution >= 4 is 26.8 Å². The number of nitrogens with zero attached hydrogens (tertiary/aromatic N) is 3. The summed E-state index contributed by atoms with van der Waals surface area (Å²) in [5, 5.41) is -0.0397. The van der Waals surface area contributed by atoms with E-state index in [-0.39, 0.29) is 23.7 Å². The fourth-order valence-corrected chi connectivity index (χ4v) is 4.30. The normalized spacial score (nSPS) is 18.9. The van der Waals surface area contributed by atoms with E-state index in [0.717, 1.165) is 38.5 Å². The van der Waals surface area contributed by atoms with E-state index in [9.17, 15) is 13.2 Å². The molecule has 0 bridgehead atoms. The molecule has 0 saturated carbocycles. The number of carbonyl (C=O) groups excluding carboxylic acids is 1. The van der Waals surface area contributed by atoms with Crippen LogP contribution in [0.3, 0.4) is 0 Å². The number of amides is 1. The highest BCUT2D eigenvalue weighted by Crippen LogP contribution is 2.23. The van der Waals surface area contributed by atoms with E-state index in [1.807, 2.05) is 17.0 Å². The summed E-state index contributed by atoms with van der Waals surface area (Å²) in [6.07, 6.45) is 5.23. The fraction of sp³-hybridized carbons (Fsp3) is 0.529. The first-order valence-electron chi connectivity index (χ1n) is 8.36. The molecule has 7 heteroatoms. The molecule has 130 valence electrons. The van der Waals surface area contributed by atoms with Crippen LogP contribution in [-0.4, -0.2) is 47.6 Å². The van der Waals surface area contributed by atoms with Crippen LogP contribution in [0.5, 0.6) is 0 Å². The van der Waals surface area contributed by atoms with Crippen molar-refractivity contribution in [2.75, 3.05) is 12.8 Å². The lowest BCUT2D eigenvalue weighted by molar-refractivity contribution is -0.135. The van der Waals surface area contributed by atoms with Crippen LogP contribution in [0.15, 0.2) is 29.4 Å². The second-order valence-corrected chi connectivity index (χ2v) is 8.30. The van der Waals surface area contributed by atoms with Crippen molar-refractivity contribution in [2.45, 2.75) is 50.4 Å². The highest BCUT2D eigenvalue weighted by Gasteiger charge is 2.28. The highest BCUT2D eigenvalue weighted by molar-refractivity contribution is 7.90. The molecule has 1 atom stereocenters. The van der Waals surface area contributed by atoms with Gasteiger partial charge in [0.2, 0.25) is 20.9 Å². The lowest BCUT2D eigenvalue weighted by atomic mass is 10.00. The van der Waals surface area contributed by atoms with Crippen LogP contribution in [0.1, 0.15) is 32.6 Å². The zero-order chi connectivity index (χ0) is 17.3. The number of carbonyl (C=O) groups is 1. The molecule has 1 amide bonds. The Morgan fingerprint density at radius 1 is 1.29 bits per heavy atom. The van der Waals surface area contributed by atoms with E-state index in [2.05, 4.69) is 11.9 Å². The summed E-state index contributed by atoms with van der Waals surface area (Å²) in [6.45, 7) is 2.85. The Kier molecular flexibility index (Phi) is 4.62. The van der Waals surface area contributed by atoms with Gasteiger partial charge < -0.3 is 9.47 Å². The SMILES string of the molecule is CC[C@@H]1CCCCN1C(=O)Cn1c(S(C)(=O)=O)nc2ccccc21. The van der Waals surface area contributed by atoms with Crippen LogP contribution in [0.4, 0.5) is 0 Å². The molecule has 24 heavy (non-hydrogen) atoms. The monoisotopic (exact) mass is 349 g/mol. The zero-order valence-electron chi connectivity index (χ0n) is 14.1. The number of likely N-dealkylation sites (tertiary alicyclic amines) is 1. The first-order chi connectivity index (χ1) is 11.4. The number of fused-ring (bicyclic) bond motifs is 1. The molecule has 0 N–H and O–H groups in total. The number of benzene rings is 1. The molecule has 1 aliphatic heterocycles.